The lowest BCUT2D eigenvalue weighted by Gasteiger charge is -2.29. The molecule has 1 aliphatic heterocycles. The van der Waals surface area contributed by atoms with Crippen LogP contribution < -0.4 is 15.4 Å². The molecule has 0 unspecified atom stereocenters. The van der Waals surface area contributed by atoms with Crippen LogP contribution in [-0.4, -0.2) is 60.8 Å². The van der Waals surface area contributed by atoms with Crippen molar-refractivity contribution in [3.8, 4) is 5.75 Å². The smallest absolute Gasteiger partial charge is 0.347 e. The van der Waals surface area contributed by atoms with Crippen LogP contribution >= 0.6 is 11.6 Å². The molecule has 4 atom stereocenters. The van der Waals surface area contributed by atoms with Crippen molar-refractivity contribution >= 4 is 41.4 Å². The Morgan fingerprint density at radius 1 is 1.04 bits per heavy atom. The van der Waals surface area contributed by atoms with Gasteiger partial charge >= 0.3 is 11.9 Å². The molecule has 3 rings (SSSR count). The highest BCUT2D eigenvalue weighted by Crippen LogP contribution is 2.26. The van der Waals surface area contributed by atoms with E-state index >= 15 is 0 Å². The standard InChI is InChI=1S/C37H47ClN2O8/c1-23(2)18-32-35(44)47-30(24(3)10-11-25-12-14-26(21-41)15-13-25)8-7-9-33(42)40-29(20-27-16-17-31(46-6)28(38)19-27)34(43)39-22-37(4,5)36(45)48-32/h7,9-17,19,23-24,29-30,32,41H,8,18,20-22H2,1-6H3,(H,39,43)(H,40,42)/b9-7+,11-10+/t24-,29-,30+,32+/m1/s1. The van der Waals surface area contributed by atoms with Crippen molar-refractivity contribution in [3.63, 3.8) is 0 Å². The molecule has 10 nitrogen and oxygen atoms in total. The van der Waals surface area contributed by atoms with Crippen LogP contribution in [-0.2, 0) is 41.7 Å². The van der Waals surface area contributed by atoms with E-state index in [1.165, 1.54) is 13.2 Å². The quantitative estimate of drug-likeness (QED) is 0.307. The first kappa shape index (κ1) is 38.3. The summed E-state index contributed by atoms with van der Waals surface area (Å²) in [6.45, 7) is 8.76. The lowest BCUT2D eigenvalue weighted by Crippen LogP contribution is -2.51. The number of hydrogen-bond donors (Lipinski definition) is 3. The van der Waals surface area contributed by atoms with Crippen molar-refractivity contribution in [1.29, 1.82) is 0 Å². The largest absolute Gasteiger partial charge is 0.495 e. The number of nitrogens with one attached hydrogen (secondary N) is 2. The summed E-state index contributed by atoms with van der Waals surface area (Å²) < 4.78 is 17.0. The molecule has 0 saturated heterocycles. The van der Waals surface area contributed by atoms with E-state index in [0.29, 0.717) is 16.3 Å². The SMILES string of the molecule is COc1ccc(C[C@H]2NC(=O)/C=C/C[C@@H]([C@H](C)/C=C/c3ccc(CO)cc3)OC(=O)[C@H](CC(C)C)OC(=O)C(C)(C)CNC2=O)cc1Cl. The van der Waals surface area contributed by atoms with Crippen LogP contribution in [0.1, 0.15) is 64.2 Å². The number of aliphatic hydroxyl groups is 1. The first-order valence-electron chi connectivity index (χ1n) is 16.1. The fourth-order valence-corrected chi connectivity index (χ4v) is 5.22. The minimum Gasteiger partial charge on any atom is -0.495 e. The molecule has 0 aromatic heterocycles. The Labute approximate surface area is 287 Å². The molecule has 2 amide bonds. The number of cyclic esters (lactones) is 2. The third-order valence-corrected chi connectivity index (χ3v) is 8.29. The number of aliphatic hydroxyl groups excluding tert-OH is 1. The van der Waals surface area contributed by atoms with E-state index in [9.17, 15) is 24.3 Å². The molecule has 0 saturated carbocycles. The van der Waals surface area contributed by atoms with Gasteiger partial charge in [-0.2, -0.15) is 0 Å². The van der Waals surface area contributed by atoms with E-state index in [2.05, 4.69) is 10.6 Å². The number of amides is 2. The van der Waals surface area contributed by atoms with Crippen molar-refractivity contribution in [3.05, 3.63) is 82.4 Å². The van der Waals surface area contributed by atoms with E-state index < -0.39 is 47.4 Å². The lowest BCUT2D eigenvalue weighted by atomic mass is 9.93. The van der Waals surface area contributed by atoms with Gasteiger partial charge in [0.2, 0.25) is 11.8 Å². The minimum atomic E-state index is -1.21. The minimum absolute atomic E-state index is 0.0113. The summed E-state index contributed by atoms with van der Waals surface area (Å²) >= 11 is 6.31. The number of ether oxygens (including phenoxy) is 3. The second-order valence-corrected chi connectivity index (χ2v) is 13.5. The van der Waals surface area contributed by atoms with Crippen LogP contribution in [0.4, 0.5) is 0 Å². The Morgan fingerprint density at radius 3 is 2.35 bits per heavy atom. The Balaban J connectivity index is 1.93. The molecule has 2 aromatic carbocycles. The zero-order chi connectivity index (χ0) is 35.4. The molecule has 0 bridgehead atoms. The summed E-state index contributed by atoms with van der Waals surface area (Å²) in [6, 6.07) is 11.5. The summed E-state index contributed by atoms with van der Waals surface area (Å²) in [7, 11) is 1.50. The van der Waals surface area contributed by atoms with Gasteiger partial charge < -0.3 is 30.0 Å². The summed E-state index contributed by atoms with van der Waals surface area (Å²) in [6.07, 6.45) is 5.35. The summed E-state index contributed by atoms with van der Waals surface area (Å²) in [5.74, 6) is -2.19. The molecular formula is C37H47ClN2O8. The number of halogens is 1. The fraction of sp³-hybridized carbons (Fsp3) is 0.459. The molecule has 48 heavy (non-hydrogen) atoms. The highest BCUT2D eigenvalue weighted by molar-refractivity contribution is 6.32. The number of carbonyl (C=O) groups is 4. The predicted molar refractivity (Wildman–Crippen MR) is 184 cm³/mol. The maximum absolute atomic E-state index is 13.5. The molecule has 0 aliphatic carbocycles. The topological polar surface area (TPSA) is 140 Å². The summed E-state index contributed by atoms with van der Waals surface area (Å²) in [4.78, 5) is 53.5. The fourth-order valence-electron chi connectivity index (χ4n) is 4.94. The summed E-state index contributed by atoms with van der Waals surface area (Å²) in [5, 5.41) is 15.2. The predicted octanol–water partition coefficient (Wildman–Crippen LogP) is 5.19. The number of carbonyl (C=O) groups excluding carboxylic acids is 4. The van der Waals surface area contributed by atoms with Gasteiger partial charge in [0.25, 0.3) is 0 Å². The molecule has 260 valence electrons. The molecule has 0 spiro atoms. The zero-order valence-electron chi connectivity index (χ0n) is 28.5. The maximum Gasteiger partial charge on any atom is 0.347 e. The third kappa shape index (κ3) is 11.5. The van der Waals surface area contributed by atoms with Crippen molar-refractivity contribution in [2.45, 2.75) is 78.7 Å². The van der Waals surface area contributed by atoms with Crippen LogP contribution in [0.5, 0.6) is 5.75 Å². The number of benzene rings is 2. The average molecular weight is 683 g/mol. The second-order valence-electron chi connectivity index (χ2n) is 13.1. The lowest BCUT2D eigenvalue weighted by molar-refractivity contribution is -0.178. The monoisotopic (exact) mass is 682 g/mol. The molecule has 3 N–H and O–H groups in total. The molecule has 1 heterocycles. The van der Waals surface area contributed by atoms with Crippen molar-refractivity contribution < 1.29 is 38.5 Å². The number of esters is 2. The Morgan fingerprint density at radius 2 is 1.73 bits per heavy atom. The van der Waals surface area contributed by atoms with Gasteiger partial charge in [0.1, 0.15) is 17.9 Å². The summed E-state index contributed by atoms with van der Waals surface area (Å²) in [5.41, 5.74) is 1.16. The average Bonchev–Trinajstić information content (AvgIpc) is 3.04. The molecule has 0 fully saturated rings. The van der Waals surface area contributed by atoms with Gasteiger partial charge in [-0.05, 0) is 61.1 Å². The highest BCUT2D eigenvalue weighted by Gasteiger charge is 2.37. The van der Waals surface area contributed by atoms with E-state index in [-0.39, 0.29) is 44.2 Å². The van der Waals surface area contributed by atoms with E-state index in [0.717, 1.165) is 11.1 Å². The maximum atomic E-state index is 13.5. The zero-order valence-corrected chi connectivity index (χ0v) is 29.2. The molecule has 0 radical (unpaired) electrons. The van der Waals surface area contributed by atoms with Crippen molar-refractivity contribution in [2.24, 2.45) is 17.3 Å². The molecule has 1 aliphatic rings. The van der Waals surface area contributed by atoms with Gasteiger partial charge in [-0.1, -0.05) is 80.9 Å². The Hall–Kier alpha value is -4.15. The first-order valence-corrected chi connectivity index (χ1v) is 16.5. The Bertz CT molecular complexity index is 1480. The normalized spacial score (nSPS) is 22.4. The van der Waals surface area contributed by atoms with Gasteiger partial charge in [0, 0.05) is 25.3 Å². The van der Waals surface area contributed by atoms with Gasteiger partial charge in [-0.15, -0.1) is 0 Å². The van der Waals surface area contributed by atoms with Crippen molar-refractivity contribution in [1.82, 2.24) is 10.6 Å². The van der Waals surface area contributed by atoms with Gasteiger partial charge in [0.15, 0.2) is 6.10 Å². The van der Waals surface area contributed by atoms with E-state index in [1.54, 1.807) is 38.1 Å². The second kappa shape index (κ2) is 17.8. The van der Waals surface area contributed by atoms with Crippen LogP contribution in [0.25, 0.3) is 6.08 Å². The number of methoxy groups -OCH3 is 1. The number of hydrogen-bond acceptors (Lipinski definition) is 8. The van der Waals surface area contributed by atoms with Crippen molar-refractivity contribution in [2.75, 3.05) is 13.7 Å². The number of rotatable bonds is 9. The molecular weight excluding hydrogens is 636 g/mol. The Kier molecular flexibility index (Phi) is 14.2. The molecule has 2 aromatic rings. The molecule has 11 heteroatoms. The highest BCUT2D eigenvalue weighted by atomic mass is 35.5. The van der Waals surface area contributed by atoms with Gasteiger partial charge in [-0.3, -0.25) is 14.4 Å². The van der Waals surface area contributed by atoms with E-state index in [4.69, 9.17) is 25.8 Å². The first-order chi connectivity index (χ1) is 22.7. The van der Waals surface area contributed by atoms with Crippen LogP contribution in [0.3, 0.4) is 0 Å². The van der Waals surface area contributed by atoms with Crippen LogP contribution in [0.2, 0.25) is 5.02 Å². The third-order valence-electron chi connectivity index (χ3n) is 7.99. The van der Waals surface area contributed by atoms with E-state index in [1.807, 2.05) is 57.2 Å². The van der Waals surface area contributed by atoms with Gasteiger partial charge in [-0.25, -0.2) is 4.79 Å². The van der Waals surface area contributed by atoms with Gasteiger partial charge in [0.05, 0.1) is 24.2 Å². The van der Waals surface area contributed by atoms with Crippen LogP contribution in [0.15, 0.2) is 60.7 Å². The van der Waals surface area contributed by atoms with Crippen LogP contribution in [0, 0.1) is 17.3 Å².